The number of benzene rings is 3. The Kier molecular flexibility index (Phi) is 5.59. The van der Waals surface area contributed by atoms with Crippen molar-refractivity contribution in [2.45, 2.75) is 39.3 Å². The van der Waals surface area contributed by atoms with E-state index in [2.05, 4.69) is 57.5 Å². The van der Waals surface area contributed by atoms with Gasteiger partial charge in [-0.25, -0.2) is 4.98 Å². The number of ether oxygens (including phenoxy) is 1. The molecule has 2 heterocycles. The summed E-state index contributed by atoms with van der Waals surface area (Å²) < 4.78 is 19.2. The molecule has 0 aliphatic carbocycles. The fourth-order valence-electron chi connectivity index (χ4n) is 5.34. The normalized spacial score (nSPS) is 18.5. The van der Waals surface area contributed by atoms with Crippen LogP contribution in [0.2, 0.25) is 44.3 Å². The highest BCUT2D eigenvalue weighted by molar-refractivity contribution is 7.03. The Morgan fingerprint density at radius 1 is 0.735 bits per heavy atom. The summed E-state index contributed by atoms with van der Waals surface area (Å²) in [5.74, 6) is 0.823. The Balaban J connectivity index is 1.93. The first-order valence-corrected chi connectivity index (χ1v) is 20.5. The van der Waals surface area contributed by atoms with Crippen LogP contribution in [0.1, 0.15) is 0 Å². The molecule has 1 aliphatic heterocycles. The van der Waals surface area contributed by atoms with E-state index < -0.39 is 25.2 Å². The molecule has 3 aromatic carbocycles. The molecule has 8 heteroatoms. The van der Waals surface area contributed by atoms with Gasteiger partial charge in [-0.1, -0.05) is 35.9 Å². The lowest BCUT2D eigenvalue weighted by molar-refractivity contribution is 0.405. The molecule has 0 bridgehead atoms. The second kappa shape index (κ2) is 8.01. The molecule has 0 N–H and O–H groups in total. The molecule has 0 radical (unpaired) electrons. The minimum Gasteiger partial charge on any atom is -0.497 e. The number of methoxy groups -OCH3 is 1. The summed E-state index contributed by atoms with van der Waals surface area (Å²) in [6.07, 6.45) is 0. The Labute approximate surface area is 209 Å². The van der Waals surface area contributed by atoms with Gasteiger partial charge in [0, 0.05) is 21.4 Å². The molecule has 4 aromatic rings. The summed E-state index contributed by atoms with van der Waals surface area (Å²) in [5, 5.41) is 6.76. The number of nitrogens with zero attached hydrogens (tertiary/aromatic N) is 1. The van der Waals surface area contributed by atoms with Crippen LogP contribution in [0.4, 0.5) is 0 Å². The van der Waals surface area contributed by atoms with Gasteiger partial charge in [-0.3, -0.25) is 0 Å². The highest BCUT2D eigenvalue weighted by Gasteiger charge is 2.47. The molecule has 34 heavy (non-hydrogen) atoms. The molecule has 0 saturated carbocycles. The largest absolute Gasteiger partial charge is 0.497 e. The van der Waals surface area contributed by atoms with Crippen molar-refractivity contribution in [3.05, 3.63) is 59.6 Å². The Hall–Kier alpha value is -2.01. The van der Waals surface area contributed by atoms with E-state index in [1.54, 1.807) is 7.11 Å². The Bertz CT molecular complexity index is 1440. The van der Waals surface area contributed by atoms with Crippen molar-refractivity contribution in [3.63, 3.8) is 0 Å². The van der Waals surface area contributed by atoms with Crippen molar-refractivity contribution in [2.24, 2.45) is 0 Å². The molecular weight excluding hydrogens is 494 g/mol. The van der Waals surface area contributed by atoms with Gasteiger partial charge < -0.3 is 13.0 Å². The molecule has 0 amide bonds. The third-order valence-electron chi connectivity index (χ3n) is 6.56. The highest BCUT2D eigenvalue weighted by atomic mass is 35.5. The van der Waals surface area contributed by atoms with Crippen LogP contribution in [0.3, 0.4) is 0 Å². The summed E-state index contributed by atoms with van der Waals surface area (Å²) in [5.41, 5.74) is 2.94. The minimum atomic E-state index is -2.26. The van der Waals surface area contributed by atoms with E-state index in [1.165, 1.54) is 15.8 Å². The lowest BCUT2D eigenvalue weighted by Crippen LogP contribution is -2.57. The number of rotatable bonds is 2. The first-order chi connectivity index (χ1) is 15.9. The smallest absolute Gasteiger partial charge is 0.311 e. The molecule has 0 fully saturated rings. The highest BCUT2D eigenvalue weighted by Crippen LogP contribution is 2.35. The molecule has 0 saturated heterocycles. The zero-order valence-electron chi connectivity index (χ0n) is 20.7. The average molecular weight is 524 g/mol. The van der Waals surface area contributed by atoms with E-state index in [1.807, 2.05) is 36.4 Å². The molecule has 4 nitrogen and oxygen atoms in total. The summed E-state index contributed by atoms with van der Waals surface area (Å²) in [6, 6.07) is 18.7. The van der Waals surface area contributed by atoms with Crippen molar-refractivity contribution in [2.75, 3.05) is 7.11 Å². The Morgan fingerprint density at radius 2 is 1.32 bits per heavy atom. The van der Waals surface area contributed by atoms with Gasteiger partial charge in [-0.2, -0.15) is 0 Å². The number of halogens is 1. The number of hydrogen-bond acceptors (Lipinski definition) is 4. The van der Waals surface area contributed by atoms with Crippen LogP contribution in [0.15, 0.2) is 54.6 Å². The van der Waals surface area contributed by atoms with Gasteiger partial charge in [0.2, 0.25) is 16.6 Å². The van der Waals surface area contributed by atoms with Gasteiger partial charge in [-0.15, -0.1) is 0 Å². The SMILES string of the molecule is COc1ccc2nc(-c3ccc(Cl)cc3)c3cc4c(cc3c2c1)[Si](C)(C)O[Si](C)(C)O[Si]4(C)C. The number of hydrogen-bond donors (Lipinski definition) is 0. The van der Waals surface area contributed by atoms with Crippen LogP contribution in [-0.4, -0.2) is 37.3 Å². The first kappa shape index (κ1) is 23.7. The molecule has 0 atom stereocenters. The first-order valence-electron chi connectivity index (χ1n) is 11.5. The topological polar surface area (TPSA) is 40.6 Å². The van der Waals surface area contributed by atoms with Crippen LogP contribution in [-0.2, 0) is 8.23 Å². The van der Waals surface area contributed by atoms with Crippen LogP contribution in [0.5, 0.6) is 5.75 Å². The van der Waals surface area contributed by atoms with Crippen molar-refractivity contribution in [1.29, 1.82) is 0 Å². The monoisotopic (exact) mass is 523 g/mol. The fraction of sp³-hybridized carbons (Fsp3) is 0.269. The van der Waals surface area contributed by atoms with Crippen LogP contribution < -0.4 is 15.1 Å². The lowest BCUT2D eigenvalue weighted by Gasteiger charge is -2.33. The zero-order valence-corrected chi connectivity index (χ0v) is 24.5. The summed E-state index contributed by atoms with van der Waals surface area (Å²) in [4.78, 5) is 5.13. The van der Waals surface area contributed by atoms with Gasteiger partial charge >= 0.3 is 8.56 Å². The van der Waals surface area contributed by atoms with Crippen LogP contribution >= 0.6 is 11.6 Å². The van der Waals surface area contributed by atoms with Gasteiger partial charge in [0.15, 0.2) is 0 Å². The predicted molar refractivity (Wildman–Crippen MR) is 150 cm³/mol. The number of aromatic nitrogens is 1. The number of pyridine rings is 1. The molecule has 0 unspecified atom stereocenters. The molecule has 1 aromatic heterocycles. The second-order valence-corrected chi connectivity index (χ2v) is 22.4. The van der Waals surface area contributed by atoms with Crippen molar-refractivity contribution < 1.29 is 13.0 Å². The van der Waals surface area contributed by atoms with Crippen LogP contribution in [0, 0.1) is 0 Å². The van der Waals surface area contributed by atoms with Gasteiger partial charge in [0.1, 0.15) is 5.75 Å². The Morgan fingerprint density at radius 3 is 1.91 bits per heavy atom. The van der Waals surface area contributed by atoms with E-state index >= 15 is 0 Å². The van der Waals surface area contributed by atoms with E-state index in [-0.39, 0.29) is 0 Å². The van der Waals surface area contributed by atoms with Gasteiger partial charge in [0.05, 0.1) is 18.3 Å². The summed E-state index contributed by atoms with van der Waals surface area (Å²) >= 11 is 6.20. The second-order valence-electron chi connectivity index (χ2n) is 10.4. The van der Waals surface area contributed by atoms with E-state index in [0.29, 0.717) is 5.02 Å². The third-order valence-corrected chi connectivity index (χ3v) is 18.5. The standard InChI is InChI=1S/C26H30ClNO3Si3/c1-29-19-12-13-23-21(14-19)20-15-24-25(33(4,5)31-34(6,7)30-32(24,2)3)16-22(20)26(28-23)17-8-10-18(27)11-9-17/h8-16H,1-7H3. The van der Waals surface area contributed by atoms with E-state index in [9.17, 15) is 0 Å². The van der Waals surface area contributed by atoms with E-state index in [0.717, 1.165) is 33.3 Å². The summed E-state index contributed by atoms with van der Waals surface area (Å²) in [7, 11) is -5.00. The van der Waals surface area contributed by atoms with Crippen molar-refractivity contribution in [3.8, 4) is 17.0 Å². The molecule has 1 aliphatic rings. The lowest BCUT2D eigenvalue weighted by atomic mass is 10.00. The zero-order chi connectivity index (χ0) is 24.5. The molecule has 5 rings (SSSR count). The molecule has 0 spiro atoms. The maximum absolute atomic E-state index is 6.82. The molecule has 176 valence electrons. The fourth-order valence-corrected chi connectivity index (χ4v) is 20.9. The predicted octanol–water partition coefficient (Wildman–Crippen LogP) is 6.29. The minimum absolute atomic E-state index is 0.714. The third kappa shape index (κ3) is 4.04. The van der Waals surface area contributed by atoms with Crippen molar-refractivity contribution >= 4 is 68.8 Å². The quantitative estimate of drug-likeness (QED) is 0.228. The van der Waals surface area contributed by atoms with E-state index in [4.69, 9.17) is 29.6 Å². The van der Waals surface area contributed by atoms with Gasteiger partial charge in [-0.05, 0) is 85.4 Å². The maximum Gasteiger partial charge on any atom is 0.311 e. The van der Waals surface area contributed by atoms with Gasteiger partial charge in [0.25, 0.3) is 0 Å². The average Bonchev–Trinajstić information content (AvgIpc) is 2.81. The maximum atomic E-state index is 6.82. The van der Waals surface area contributed by atoms with Crippen LogP contribution in [0.25, 0.3) is 32.9 Å². The summed E-state index contributed by atoms with van der Waals surface area (Å²) in [6.45, 7) is 13.6. The van der Waals surface area contributed by atoms with Crippen molar-refractivity contribution in [1.82, 2.24) is 4.98 Å². The molecular formula is C26H30ClNO3Si3. The number of fused-ring (bicyclic) bond motifs is 4.